The van der Waals surface area contributed by atoms with Gasteiger partial charge in [0, 0.05) is 6.08 Å². The van der Waals surface area contributed by atoms with Crippen molar-refractivity contribution in [3.05, 3.63) is 70.8 Å². The Kier molecular flexibility index (Phi) is 6.34. The molecule has 2 amide bonds. The van der Waals surface area contributed by atoms with Crippen LogP contribution >= 0.6 is 0 Å². The second kappa shape index (κ2) is 8.68. The van der Waals surface area contributed by atoms with Gasteiger partial charge in [0.05, 0.1) is 0 Å². The van der Waals surface area contributed by atoms with Crippen LogP contribution in [-0.2, 0) is 9.59 Å². The van der Waals surface area contributed by atoms with Gasteiger partial charge in [0.15, 0.2) is 6.61 Å². The second-order valence-electron chi connectivity index (χ2n) is 5.84. The first-order valence-electron chi connectivity index (χ1n) is 7.97. The maximum absolute atomic E-state index is 11.8. The summed E-state index contributed by atoms with van der Waals surface area (Å²) in [6, 6.07) is 13.5. The lowest BCUT2D eigenvalue weighted by atomic mass is 10.1. The van der Waals surface area contributed by atoms with Crippen LogP contribution in [0.4, 0.5) is 0 Å². The van der Waals surface area contributed by atoms with Crippen molar-refractivity contribution in [3.63, 3.8) is 0 Å². The third-order valence-corrected chi connectivity index (χ3v) is 3.53. The molecule has 0 heterocycles. The van der Waals surface area contributed by atoms with Gasteiger partial charge in [0.1, 0.15) is 5.75 Å². The molecule has 0 saturated carbocycles. The number of nitrogens with one attached hydrogen (secondary N) is 2. The first-order chi connectivity index (χ1) is 11.9. The summed E-state index contributed by atoms with van der Waals surface area (Å²) in [4.78, 5) is 23.5. The topological polar surface area (TPSA) is 67.4 Å². The van der Waals surface area contributed by atoms with E-state index < -0.39 is 11.8 Å². The van der Waals surface area contributed by atoms with E-state index in [9.17, 15) is 9.59 Å². The normalized spacial score (nSPS) is 10.5. The van der Waals surface area contributed by atoms with Gasteiger partial charge in [-0.3, -0.25) is 20.4 Å². The van der Waals surface area contributed by atoms with Crippen LogP contribution in [0.1, 0.15) is 22.3 Å². The lowest BCUT2D eigenvalue weighted by Crippen LogP contribution is -2.43. The molecule has 2 aromatic carbocycles. The van der Waals surface area contributed by atoms with E-state index >= 15 is 0 Å². The summed E-state index contributed by atoms with van der Waals surface area (Å²) < 4.78 is 5.47. The van der Waals surface area contributed by atoms with Gasteiger partial charge >= 0.3 is 0 Å². The Balaban J connectivity index is 1.76. The Morgan fingerprint density at radius 3 is 2.36 bits per heavy atom. The predicted octanol–water partition coefficient (Wildman–Crippen LogP) is 2.85. The van der Waals surface area contributed by atoms with Crippen molar-refractivity contribution < 1.29 is 14.3 Å². The van der Waals surface area contributed by atoms with Crippen LogP contribution in [0.15, 0.2) is 48.5 Å². The molecule has 0 aliphatic carbocycles. The maximum atomic E-state index is 11.8. The fraction of sp³-hybridized carbons (Fsp3) is 0.200. The minimum Gasteiger partial charge on any atom is -0.483 e. The molecule has 0 unspecified atom stereocenters. The third-order valence-electron chi connectivity index (χ3n) is 3.53. The number of hydrogen-bond donors (Lipinski definition) is 2. The molecule has 0 aliphatic heterocycles. The monoisotopic (exact) mass is 338 g/mol. The van der Waals surface area contributed by atoms with E-state index in [1.807, 2.05) is 63.2 Å². The van der Waals surface area contributed by atoms with Crippen LogP contribution in [-0.4, -0.2) is 18.4 Å². The number of hydrazine groups is 1. The quantitative estimate of drug-likeness (QED) is 0.651. The molecule has 0 aliphatic rings. The minimum atomic E-state index is -0.432. The maximum Gasteiger partial charge on any atom is 0.276 e. The Morgan fingerprint density at radius 1 is 0.960 bits per heavy atom. The van der Waals surface area contributed by atoms with Gasteiger partial charge in [-0.25, -0.2) is 0 Å². The molecule has 2 rings (SSSR count). The van der Waals surface area contributed by atoms with Gasteiger partial charge in [-0.05, 0) is 49.6 Å². The van der Waals surface area contributed by atoms with Crippen molar-refractivity contribution >= 4 is 17.9 Å². The number of ether oxygens (including phenoxy) is 1. The number of hydrogen-bond acceptors (Lipinski definition) is 3. The number of amides is 2. The van der Waals surface area contributed by atoms with Crippen LogP contribution in [0.5, 0.6) is 5.75 Å². The molecule has 0 radical (unpaired) electrons. The molecule has 0 aromatic heterocycles. The number of benzene rings is 2. The Morgan fingerprint density at radius 2 is 1.64 bits per heavy atom. The molecule has 130 valence electrons. The Hall–Kier alpha value is -3.08. The molecule has 0 saturated heterocycles. The minimum absolute atomic E-state index is 0.174. The summed E-state index contributed by atoms with van der Waals surface area (Å²) in [5.41, 5.74) is 8.70. The molecule has 0 spiro atoms. The number of carbonyl (C=O) groups is 2. The summed E-state index contributed by atoms with van der Waals surface area (Å²) >= 11 is 0. The van der Waals surface area contributed by atoms with Gasteiger partial charge < -0.3 is 4.74 Å². The largest absolute Gasteiger partial charge is 0.483 e. The Bertz CT molecular complexity index is 780. The molecule has 0 fully saturated rings. The predicted molar refractivity (Wildman–Crippen MR) is 97.9 cm³/mol. The number of aryl methyl sites for hydroxylation is 3. The van der Waals surface area contributed by atoms with Gasteiger partial charge in [-0.15, -0.1) is 0 Å². The molecule has 2 aromatic rings. The SMILES string of the molecule is Cc1ccc(/C=C/C(=O)NNC(=O)COc2cc(C)ccc2C)cc1. The number of rotatable bonds is 5. The highest BCUT2D eigenvalue weighted by molar-refractivity contribution is 5.93. The zero-order valence-electron chi connectivity index (χ0n) is 14.6. The fourth-order valence-electron chi connectivity index (χ4n) is 2.06. The smallest absolute Gasteiger partial charge is 0.276 e. The highest BCUT2D eigenvalue weighted by Crippen LogP contribution is 2.18. The van der Waals surface area contributed by atoms with Crippen LogP contribution in [0.3, 0.4) is 0 Å². The highest BCUT2D eigenvalue weighted by Gasteiger charge is 2.06. The van der Waals surface area contributed by atoms with Crippen LogP contribution in [0.25, 0.3) is 6.08 Å². The lowest BCUT2D eigenvalue weighted by Gasteiger charge is -2.10. The van der Waals surface area contributed by atoms with Crippen LogP contribution < -0.4 is 15.6 Å². The summed E-state index contributed by atoms with van der Waals surface area (Å²) in [6.45, 7) is 5.68. The molecule has 0 atom stereocenters. The standard InChI is InChI=1S/C20H22N2O3/c1-14-5-8-17(9-6-14)10-11-19(23)21-22-20(24)13-25-18-12-15(2)4-7-16(18)3/h4-12H,13H2,1-3H3,(H,21,23)(H,22,24)/b11-10+. The van der Waals surface area contributed by atoms with Crippen molar-refractivity contribution in [3.8, 4) is 5.75 Å². The van der Waals surface area contributed by atoms with E-state index in [1.54, 1.807) is 6.08 Å². The van der Waals surface area contributed by atoms with E-state index in [2.05, 4.69) is 10.9 Å². The molecular formula is C20H22N2O3. The summed E-state index contributed by atoms with van der Waals surface area (Å²) in [6.07, 6.45) is 3.03. The van der Waals surface area contributed by atoms with E-state index in [0.29, 0.717) is 5.75 Å². The number of carbonyl (C=O) groups excluding carboxylic acids is 2. The first-order valence-corrected chi connectivity index (χ1v) is 7.97. The van der Waals surface area contributed by atoms with Gasteiger partial charge in [-0.2, -0.15) is 0 Å². The average molecular weight is 338 g/mol. The van der Waals surface area contributed by atoms with Gasteiger partial charge in [0.25, 0.3) is 11.8 Å². The molecular weight excluding hydrogens is 316 g/mol. The average Bonchev–Trinajstić information content (AvgIpc) is 2.60. The van der Waals surface area contributed by atoms with Crippen molar-refractivity contribution in [2.45, 2.75) is 20.8 Å². The molecule has 5 heteroatoms. The van der Waals surface area contributed by atoms with Crippen molar-refractivity contribution in [2.75, 3.05) is 6.61 Å². The zero-order chi connectivity index (χ0) is 18.2. The van der Waals surface area contributed by atoms with E-state index in [4.69, 9.17) is 4.74 Å². The third kappa shape index (κ3) is 6.14. The molecule has 0 bridgehead atoms. The van der Waals surface area contributed by atoms with Crippen molar-refractivity contribution in [1.82, 2.24) is 10.9 Å². The highest BCUT2D eigenvalue weighted by atomic mass is 16.5. The zero-order valence-corrected chi connectivity index (χ0v) is 14.6. The van der Waals surface area contributed by atoms with Crippen LogP contribution in [0.2, 0.25) is 0 Å². The van der Waals surface area contributed by atoms with Gasteiger partial charge in [-0.1, -0.05) is 42.0 Å². The summed E-state index contributed by atoms with van der Waals surface area (Å²) in [7, 11) is 0. The fourth-order valence-corrected chi connectivity index (χ4v) is 2.06. The summed E-state index contributed by atoms with van der Waals surface area (Å²) in [5, 5.41) is 0. The van der Waals surface area contributed by atoms with Crippen molar-refractivity contribution in [2.24, 2.45) is 0 Å². The van der Waals surface area contributed by atoms with Crippen molar-refractivity contribution in [1.29, 1.82) is 0 Å². The first kappa shape index (κ1) is 18.3. The molecule has 25 heavy (non-hydrogen) atoms. The van der Waals surface area contributed by atoms with Gasteiger partial charge in [0.2, 0.25) is 0 Å². The van der Waals surface area contributed by atoms with E-state index in [1.165, 1.54) is 6.08 Å². The van der Waals surface area contributed by atoms with Crippen LogP contribution in [0, 0.1) is 20.8 Å². The second-order valence-corrected chi connectivity index (χ2v) is 5.84. The molecule has 2 N–H and O–H groups in total. The molecule has 5 nitrogen and oxygen atoms in total. The summed E-state index contributed by atoms with van der Waals surface area (Å²) in [5.74, 6) is -0.195. The van der Waals surface area contributed by atoms with E-state index in [0.717, 1.165) is 22.3 Å². The lowest BCUT2D eigenvalue weighted by molar-refractivity contribution is -0.128. The van der Waals surface area contributed by atoms with E-state index in [-0.39, 0.29) is 6.61 Å². The Labute approximate surface area is 147 Å².